The predicted molar refractivity (Wildman–Crippen MR) is 86.0 cm³/mol. The van der Waals surface area contributed by atoms with Crippen LogP contribution >= 0.6 is 0 Å². The van der Waals surface area contributed by atoms with Gasteiger partial charge in [0.05, 0.1) is 6.54 Å². The number of hydrogen-bond donors (Lipinski definition) is 2. The molecule has 3 heterocycles. The summed E-state index contributed by atoms with van der Waals surface area (Å²) in [6, 6.07) is -0.404. The third-order valence-electron chi connectivity index (χ3n) is 5.01. The van der Waals surface area contributed by atoms with Crippen molar-refractivity contribution < 1.29 is 14.1 Å². The van der Waals surface area contributed by atoms with Crippen molar-refractivity contribution >= 4 is 11.9 Å². The number of amides is 3. The molecule has 0 radical (unpaired) electrons. The van der Waals surface area contributed by atoms with Crippen LogP contribution in [0.4, 0.5) is 4.79 Å². The molecular formula is C16H25N5O3. The van der Waals surface area contributed by atoms with Gasteiger partial charge in [-0.3, -0.25) is 15.0 Å². The molecule has 0 aliphatic carbocycles. The molecule has 0 saturated carbocycles. The molecule has 3 amide bonds. The van der Waals surface area contributed by atoms with Gasteiger partial charge in [-0.2, -0.15) is 4.98 Å². The number of carbonyl (C=O) groups is 2. The number of likely N-dealkylation sites (tertiary alicyclic amines) is 1. The third kappa shape index (κ3) is 3.43. The van der Waals surface area contributed by atoms with Gasteiger partial charge in [-0.1, -0.05) is 18.5 Å². The first-order valence-electron chi connectivity index (χ1n) is 8.68. The molecule has 0 bridgehead atoms. The topological polar surface area (TPSA) is 100 Å². The Hall–Kier alpha value is -1.96. The summed E-state index contributed by atoms with van der Waals surface area (Å²) < 4.78 is 5.28. The van der Waals surface area contributed by atoms with E-state index in [2.05, 4.69) is 32.6 Å². The van der Waals surface area contributed by atoms with E-state index in [1.165, 1.54) is 0 Å². The summed E-state index contributed by atoms with van der Waals surface area (Å²) in [6.45, 7) is 6.20. The van der Waals surface area contributed by atoms with Gasteiger partial charge in [-0.15, -0.1) is 0 Å². The number of piperidine rings is 1. The average molecular weight is 335 g/mol. The van der Waals surface area contributed by atoms with Crippen molar-refractivity contribution in [3.63, 3.8) is 0 Å². The maximum Gasteiger partial charge on any atom is 0.322 e. The van der Waals surface area contributed by atoms with E-state index in [1.54, 1.807) is 6.92 Å². The summed E-state index contributed by atoms with van der Waals surface area (Å²) in [5.41, 5.74) is -0.834. The van der Waals surface area contributed by atoms with Crippen LogP contribution in [0.3, 0.4) is 0 Å². The first-order chi connectivity index (χ1) is 11.5. The highest BCUT2D eigenvalue weighted by atomic mass is 16.5. The molecule has 24 heavy (non-hydrogen) atoms. The third-order valence-corrected chi connectivity index (χ3v) is 5.01. The van der Waals surface area contributed by atoms with Gasteiger partial charge in [0.25, 0.3) is 5.91 Å². The normalized spacial score (nSPS) is 28.0. The Morgan fingerprint density at radius 3 is 2.96 bits per heavy atom. The van der Waals surface area contributed by atoms with Crippen LogP contribution in [0.25, 0.3) is 0 Å². The molecule has 1 aromatic rings. The lowest BCUT2D eigenvalue weighted by Crippen LogP contribution is -2.55. The van der Waals surface area contributed by atoms with E-state index in [0.717, 1.165) is 45.2 Å². The van der Waals surface area contributed by atoms with Crippen LogP contribution in [-0.4, -0.2) is 45.6 Å². The Morgan fingerprint density at radius 2 is 2.25 bits per heavy atom. The van der Waals surface area contributed by atoms with Crippen LogP contribution in [0.5, 0.6) is 0 Å². The summed E-state index contributed by atoms with van der Waals surface area (Å²) in [5.74, 6) is 1.21. The summed E-state index contributed by atoms with van der Waals surface area (Å²) in [6.07, 6.45) is 4.84. The summed E-state index contributed by atoms with van der Waals surface area (Å²) in [5, 5.41) is 9.18. The average Bonchev–Trinajstić information content (AvgIpc) is 3.10. The highest BCUT2D eigenvalue weighted by Crippen LogP contribution is 2.30. The highest BCUT2D eigenvalue weighted by Gasteiger charge is 2.48. The zero-order valence-corrected chi connectivity index (χ0v) is 14.3. The van der Waals surface area contributed by atoms with Crippen LogP contribution in [-0.2, 0) is 17.8 Å². The Bertz CT molecular complexity index is 617. The van der Waals surface area contributed by atoms with E-state index in [1.807, 2.05) is 0 Å². The monoisotopic (exact) mass is 335 g/mol. The van der Waals surface area contributed by atoms with Gasteiger partial charge >= 0.3 is 6.03 Å². The fraction of sp³-hybridized carbons (Fsp3) is 0.750. The predicted octanol–water partition coefficient (Wildman–Crippen LogP) is 1.22. The van der Waals surface area contributed by atoms with Crippen molar-refractivity contribution in [2.24, 2.45) is 5.92 Å². The van der Waals surface area contributed by atoms with Crippen molar-refractivity contribution in [1.82, 2.24) is 25.7 Å². The van der Waals surface area contributed by atoms with Crippen LogP contribution in [0.15, 0.2) is 4.52 Å². The van der Waals surface area contributed by atoms with Crippen LogP contribution in [0.1, 0.15) is 51.2 Å². The number of nitrogens with zero attached hydrogens (tertiary/aromatic N) is 3. The van der Waals surface area contributed by atoms with E-state index in [4.69, 9.17) is 4.52 Å². The van der Waals surface area contributed by atoms with Gasteiger partial charge in [0.1, 0.15) is 5.54 Å². The number of aromatic nitrogens is 2. The molecule has 3 rings (SSSR count). The molecule has 2 N–H and O–H groups in total. The summed E-state index contributed by atoms with van der Waals surface area (Å²) in [4.78, 5) is 30.3. The second-order valence-electron chi connectivity index (χ2n) is 6.89. The lowest BCUT2D eigenvalue weighted by Gasteiger charge is -2.39. The Morgan fingerprint density at radius 1 is 1.42 bits per heavy atom. The maximum atomic E-state index is 12.1. The van der Waals surface area contributed by atoms with Gasteiger partial charge in [-0.05, 0) is 32.7 Å². The molecule has 132 valence electrons. The number of imide groups is 1. The molecular weight excluding hydrogens is 310 g/mol. The SMILES string of the molecule is CCCCc1nc(CN2CCCC(C3(C)NC(=O)NC3=O)C2)no1. The molecule has 2 aliphatic heterocycles. The fourth-order valence-electron chi connectivity index (χ4n) is 3.50. The molecule has 2 atom stereocenters. The Kier molecular flexibility index (Phi) is 4.84. The van der Waals surface area contributed by atoms with Crippen LogP contribution in [0.2, 0.25) is 0 Å². The van der Waals surface area contributed by atoms with E-state index < -0.39 is 11.6 Å². The first kappa shape index (κ1) is 16.9. The number of hydrogen-bond acceptors (Lipinski definition) is 6. The second kappa shape index (κ2) is 6.88. The zero-order chi connectivity index (χ0) is 17.2. The number of urea groups is 1. The molecule has 8 nitrogen and oxygen atoms in total. The van der Waals surface area contributed by atoms with Gasteiger partial charge < -0.3 is 9.84 Å². The van der Waals surface area contributed by atoms with Gasteiger partial charge in [0.15, 0.2) is 5.82 Å². The lowest BCUT2D eigenvalue weighted by molar-refractivity contribution is -0.126. The van der Waals surface area contributed by atoms with Crippen molar-refractivity contribution in [3.8, 4) is 0 Å². The molecule has 2 fully saturated rings. The zero-order valence-electron chi connectivity index (χ0n) is 14.3. The largest absolute Gasteiger partial charge is 0.339 e. The standard InChI is InChI=1S/C16H25N5O3/c1-3-4-7-13-17-12(20-24-13)10-21-8-5-6-11(9-21)16(2)14(22)18-15(23)19-16/h11H,3-10H2,1-2H3,(H2,18,19,22,23). The second-order valence-corrected chi connectivity index (χ2v) is 6.89. The fourth-order valence-corrected chi connectivity index (χ4v) is 3.50. The Balaban J connectivity index is 1.60. The minimum atomic E-state index is -0.834. The smallest absolute Gasteiger partial charge is 0.322 e. The van der Waals surface area contributed by atoms with Crippen molar-refractivity contribution in [2.75, 3.05) is 13.1 Å². The molecule has 1 aromatic heterocycles. The molecule has 2 saturated heterocycles. The Labute approximate surface area is 141 Å². The number of rotatable bonds is 6. The van der Waals surface area contributed by atoms with Gasteiger partial charge in [0.2, 0.25) is 5.89 Å². The van der Waals surface area contributed by atoms with E-state index in [0.29, 0.717) is 18.3 Å². The summed E-state index contributed by atoms with van der Waals surface area (Å²) in [7, 11) is 0. The van der Waals surface area contributed by atoms with Gasteiger partial charge in [-0.25, -0.2) is 4.79 Å². The molecule has 0 spiro atoms. The number of aryl methyl sites for hydroxylation is 1. The van der Waals surface area contributed by atoms with E-state index in [-0.39, 0.29) is 11.8 Å². The first-order valence-corrected chi connectivity index (χ1v) is 8.68. The minimum absolute atomic E-state index is 0.0733. The van der Waals surface area contributed by atoms with Crippen molar-refractivity contribution in [2.45, 2.75) is 58.0 Å². The number of unbranched alkanes of at least 4 members (excludes halogenated alkanes) is 1. The van der Waals surface area contributed by atoms with Crippen molar-refractivity contribution in [1.29, 1.82) is 0 Å². The van der Waals surface area contributed by atoms with E-state index >= 15 is 0 Å². The number of carbonyl (C=O) groups excluding carboxylic acids is 2. The maximum absolute atomic E-state index is 12.1. The molecule has 8 heteroatoms. The minimum Gasteiger partial charge on any atom is -0.339 e. The lowest BCUT2D eigenvalue weighted by atomic mass is 9.80. The molecule has 2 unspecified atom stereocenters. The molecule has 2 aliphatic rings. The van der Waals surface area contributed by atoms with Crippen LogP contribution in [0, 0.1) is 5.92 Å². The summed E-state index contributed by atoms with van der Waals surface area (Å²) >= 11 is 0. The highest BCUT2D eigenvalue weighted by molar-refractivity contribution is 6.06. The van der Waals surface area contributed by atoms with Gasteiger partial charge in [0, 0.05) is 18.9 Å². The quantitative estimate of drug-likeness (QED) is 0.758. The van der Waals surface area contributed by atoms with Crippen LogP contribution < -0.4 is 10.6 Å². The molecule has 0 aromatic carbocycles. The van der Waals surface area contributed by atoms with Crippen molar-refractivity contribution in [3.05, 3.63) is 11.7 Å². The number of nitrogens with one attached hydrogen (secondary N) is 2. The van der Waals surface area contributed by atoms with E-state index in [9.17, 15) is 9.59 Å².